The molecule has 1 saturated carbocycles. The fraction of sp³-hybridized carbons (Fsp3) is 0.612. The highest BCUT2D eigenvalue weighted by molar-refractivity contribution is 6.23. The summed E-state index contributed by atoms with van der Waals surface area (Å²) in [5.74, 6) is -6.58. The summed E-state index contributed by atoms with van der Waals surface area (Å²) in [6.07, 6.45) is 12.9. The van der Waals surface area contributed by atoms with Gasteiger partial charge in [0.15, 0.2) is 5.75 Å². The molecule has 5 bridgehead atoms. The Morgan fingerprint density at radius 1 is 0.873 bits per heavy atom. The van der Waals surface area contributed by atoms with Crippen molar-refractivity contribution in [1.82, 2.24) is 0 Å². The van der Waals surface area contributed by atoms with Crippen LogP contribution in [0.2, 0.25) is 0 Å². The van der Waals surface area contributed by atoms with Gasteiger partial charge in [-0.25, -0.2) is 0 Å². The first-order chi connectivity index (χ1) is 29.8. The lowest BCUT2D eigenvalue weighted by molar-refractivity contribution is -0.160. The Morgan fingerprint density at radius 2 is 1.52 bits per heavy atom. The molecule has 1 amide bonds. The predicted molar refractivity (Wildman–Crippen MR) is 240 cm³/mol. The van der Waals surface area contributed by atoms with Crippen LogP contribution < -0.4 is 15.0 Å². The fourth-order valence-electron chi connectivity index (χ4n) is 10.3. The molecule has 14 heteroatoms. The molecule has 6 N–H and O–H groups in total. The first-order valence-corrected chi connectivity index (χ1v) is 22.6. The maximum absolute atomic E-state index is 14.6. The Morgan fingerprint density at radius 3 is 2.16 bits per heavy atom. The highest BCUT2D eigenvalue weighted by Gasteiger charge is 2.50. The van der Waals surface area contributed by atoms with Crippen LogP contribution in [0.15, 0.2) is 36.1 Å². The minimum atomic E-state index is -2.01. The van der Waals surface area contributed by atoms with Crippen molar-refractivity contribution in [2.45, 2.75) is 137 Å². The predicted octanol–water partition coefficient (Wildman–Crippen LogP) is 7.94. The molecule has 2 aromatic carbocycles. The molecule has 0 aromatic heterocycles. The number of methoxy groups -OCH3 is 1. The lowest BCUT2D eigenvalue weighted by Crippen LogP contribution is -2.46. The fourth-order valence-corrected chi connectivity index (χ4v) is 10.3. The van der Waals surface area contributed by atoms with Crippen molar-refractivity contribution >= 4 is 39.8 Å². The Balaban J connectivity index is 1.48. The van der Waals surface area contributed by atoms with Gasteiger partial charge in [0.1, 0.15) is 34.7 Å². The lowest BCUT2D eigenvalue weighted by atomic mass is 9.78. The average Bonchev–Trinajstić information content (AvgIpc) is 3.52. The van der Waals surface area contributed by atoms with Crippen LogP contribution in [-0.2, 0) is 23.8 Å². The molecule has 7 rings (SSSR count). The summed E-state index contributed by atoms with van der Waals surface area (Å²) in [6, 6.07) is 0. The van der Waals surface area contributed by atoms with Gasteiger partial charge in [-0.1, -0.05) is 78.0 Å². The number of carbonyl (C=O) groups excluding carboxylic acids is 3. The number of benzene rings is 2. The number of ketones is 1. The second-order valence-electron chi connectivity index (χ2n) is 18.7. The molecule has 0 spiro atoms. The van der Waals surface area contributed by atoms with E-state index >= 15 is 0 Å². The Labute approximate surface area is 370 Å². The molecule has 9 atom stereocenters. The second-order valence-corrected chi connectivity index (χ2v) is 18.7. The average molecular weight is 877 g/mol. The molecule has 346 valence electrons. The summed E-state index contributed by atoms with van der Waals surface area (Å²) in [7, 11) is 1.46. The number of nitrogens with one attached hydrogen (secondary N) is 1. The number of aliphatic hydroxyl groups is 2. The van der Waals surface area contributed by atoms with Gasteiger partial charge in [0.25, 0.3) is 11.7 Å². The smallest absolute Gasteiger partial charge is 0.312 e. The molecule has 5 aliphatic rings. The van der Waals surface area contributed by atoms with Crippen LogP contribution >= 0.6 is 0 Å². The number of esters is 1. The van der Waals surface area contributed by atoms with E-state index in [0.29, 0.717) is 24.9 Å². The van der Waals surface area contributed by atoms with Crippen molar-refractivity contribution in [3.63, 3.8) is 0 Å². The first kappa shape index (κ1) is 47.7. The zero-order valence-electron chi connectivity index (χ0n) is 38.3. The molecule has 9 unspecified atom stereocenters. The summed E-state index contributed by atoms with van der Waals surface area (Å²) in [6.45, 7) is 13.8. The van der Waals surface area contributed by atoms with Crippen molar-refractivity contribution in [3.05, 3.63) is 47.3 Å². The number of aromatic hydroxyl groups is 3. The molecule has 1 aliphatic carbocycles. The van der Waals surface area contributed by atoms with E-state index in [-0.39, 0.29) is 44.6 Å². The van der Waals surface area contributed by atoms with Gasteiger partial charge < -0.3 is 54.7 Å². The van der Waals surface area contributed by atoms with Crippen molar-refractivity contribution in [2.24, 2.45) is 35.5 Å². The number of hydrogen-bond donors (Lipinski definition) is 6. The third-order valence-electron chi connectivity index (χ3n) is 14.3. The maximum Gasteiger partial charge on any atom is 0.312 e. The number of aliphatic hydroxyl groups excluding tert-OH is 2. The summed E-state index contributed by atoms with van der Waals surface area (Å²) in [4.78, 5) is 42.9. The van der Waals surface area contributed by atoms with E-state index in [4.69, 9.17) is 18.9 Å². The van der Waals surface area contributed by atoms with E-state index in [9.17, 15) is 39.9 Å². The number of rotatable bonds is 5. The number of piperidine rings is 1. The third-order valence-corrected chi connectivity index (χ3v) is 14.3. The molecule has 2 fully saturated rings. The quantitative estimate of drug-likeness (QED) is 0.0961. The molecular weight excluding hydrogens is 809 g/mol. The molecule has 2 aromatic rings. The standard InChI is InChI=1S/C49H68N2O12/c1-25-14-13-15-26(2)48(59)50-38-39(51-21-18-33(19-22-51)24-32-16-11-10-12-17-32)44(57)35-36(43(38)56)42(55)30(6)46-37(35)47(58)49(8,63-46)61-23-20-34(60-9)27(3)45(62-31(7)52)29(5)41(54)28(4)40(25)53/h13-15,20,23,25,27-29,32-34,40-41,45,53-57H,10-12,16-19,21-22,24H2,1-9H3,(H,50,59)/b14-13+,23-20+,26-15-. The monoisotopic (exact) mass is 876 g/mol. The lowest BCUT2D eigenvalue weighted by Gasteiger charge is -2.38. The van der Waals surface area contributed by atoms with Crippen molar-refractivity contribution in [1.29, 1.82) is 0 Å². The van der Waals surface area contributed by atoms with Crippen molar-refractivity contribution in [3.8, 4) is 23.0 Å². The number of phenols is 3. The highest BCUT2D eigenvalue weighted by Crippen LogP contribution is 2.58. The van der Waals surface area contributed by atoms with Crippen LogP contribution in [0.4, 0.5) is 11.4 Å². The minimum absolute atomic E-state index is 0.0412. The molecule has 4 aliphatic heterocycles. The largest absolute Gasteiger partial charge is 0.507 e. The van der Waals surface area contributed by atoms with Gasteiger partial charge in [-0.05, 0) is 51.0 Å². The minimum Gasteiger partial charge on any atom is -0.507 e. The zero-order chi connectivity index (χ0) is 46.1. The molecule has 4 heterocycles. The van der Waals surface area contributed by atoms with Crippen LogP contribution in [0, 0.1) is 42.4 Å². The van der Waals surface area contributed by atoms with E-state index in [1.54, 1.807) is 52.8 Å². The van der Waals surface area contributed by atoms with Gasteiger partial charge in [-0.2, -0.15) is 0 Å². The SMILES string of the molecule is COC1/C=C/OC2(C)Oc3c(C)c(O)c4c(O)c(c(N5CCC(CC6CCCCC6)CC5)c(O)c4c3C2=O)NC(=O)/C(C)=C\C=C\C(C)C(O)C(C)C(O)C(C)C(OC(C)=O)C1C. The Hall–Kier alpha value is -4.79. The van der Waals surface area contributed by atoms with Gasteiger partial charge in [-0.15, -0.1) is 0 Å². The normalized spacial score (nSPS) is 32.4. The van der Waals surface area contributed by atoms with E-state index in [1.807, 2.05) is 4.90 Å². The zero-order valence-corrected chi connectivity index (χ0v) is 38.3. The number of ether oxygens (including phenoxy) is 4. The Bertz CT molecular complexity index is 2130. The van der Waals surface area contributed by atoms with Gasteiger partial charge >= 0.3 is 11.8 Å². The molecular formula is C49H68N2O12. The Kier molecular flexibility index (Phi) is 14.8. The van der Waals surface area contributed by atoms with E-state index in [2.05, 4.69) is 5.32 Å². The van der Waals surface area contributed by atoms with Gasteiger partial charge in [0, 0.05) is 74.2 Å². The molecule has 1 saturated heterocycles. The summed E-state index contributed by atoms with van der Waals surface area (Å²) >= 11 is 0. The maximum atomic E-state index is 14.6. The summed E-state index contributed by atoms with van der Waals surface area (Å²) in [5, 5.41) is 61.8. The second kappa shape index (κ2) is 19.5. The topological polar surface area (TPSA) is 205 Å². The van der Waals surface area contributed by atoms with E-state index in [1.165, 1.54) is 72.3 Å². The molecule has 0 radical (unpaired) electrons. The van der Waals surface area contributed by atoms with Crippen LogP contribution in [0.5, 0.6) is 23.0 Å². The third kappa shape index (κ3) is 9.54. The van der Waals surface area contributed by atoms with Gasteiger partial charge in [-0.3, -0.25) is 14.4 Å². The van der Waals surface area contributed by atoms with E-state index in [0.717, 1.165) is 19.3 Å². The van der Waals surface area contributed by atoms with Gasteiger partial charge in [0.2, 0.25) is 0 Å². The van der Waals surface area contributed by atoms with Crippen LogP contribution in [-0.4, -0.2) is 93.6 Å². The summed E-state index contributed by atoms with van der Waals surface area (Å²) < 4.78 is 23.9. The van der Waals surface area contributed by atoms with Crippen LogP contribution in [0.25, 0.3) is 10.8 Å². The van der Waals surface area contributed by atoms with Crippen LogP contribution in [0.1, 0.15) is 116 Å². The highest BCUT2D eigenvalue weighted by atomic mass is 16.7. The van der Waals surface area contributed by atoms with Crippen molar-refractivity contribution in [2.75, 3.05) is 30.4 Å². The van der Waals surface area contributed by atoms with Crippen LogP contribution in [0.3, 0.4) is 0 Å². The molecule has 14 nitrogen and oxygen atoms in total. The number of carbonyl (C=O) groups is 3. The number of hydrogen-bond acceptors (Lipinski definition) is 13. The number of anilines is 2. The van der Waals surface area contributed by atoms with E-state index < -0.39 is 88.8 Å². The number of nitrogens with zero attached hydrogens (tertiary/aromatic N) is 1. The molecule has 63 heavy (non-hydrogen) atoms. The van der Waals surface area contributed by atoms with Gasteiger partial charge in [0.05, 0.1) is 35.5 Å². The number of fused-ring (bicyclic) bond motifs is 14. The number of Topliss-reactive ketones (excluding diaryl/α,β-unsaturated/α-hetero) is 1. The number of amides is 1. The number of phenolic OH excluding ortho intramolecular Hbond substituents is 3. The van der Waals surface area contributed by atoms with Crippen molar-refractivity contribution < 1.29 is 58.9 Å². The summed E-state index contributed by atoms with van der Waals surface area (Å²) in [5.41, 5.74) is 0.226. The first-order valence-electron chi connectivity index (χ1n) is 22.6. The number of allylic oxidation sites excluding steroid dienone is 2.